The van der Waals surface area contributed by atoms with Crippen molar-refractivity contribution in [3.8, 4) is 0 Å². The Hall–Kier alpha value is -1.98. The molecule has 0 bridgehead atoms. The summed E-state index contributed by atoms with van der Waals surface area (Å²) in [6.07, 6.45) is 4.66. The number of rotatable bonds is 4. The van der Waals surface area contributed by atoms with Crippen LogP contribution in [0.2, 0.25) is 10.0 Å². The minimum atomic E-state index is -0.193. The number of halogens is 2. The van der Waals surface area contributed by atoms with Crippen LogP contribution in [-0.4, -0.2) is 36.3 Å². The second-order valence-corrected chi connectivity index (χ2v) is 6.99. The van der Waals surface area contributed by atoms with Crippen molar-refractivity contribution in [3.05, 3.63) is 58.0 Å². The van der Waals surface area contributed by atoms with E-state index in [9.17, 15) is 9.59 Å². The molecule has 1 aliphatic heterocycles. The lowest BCUT2D eigenvalue weighted by Crippen LogP contribution is -2.41. The minimum absolute atomic E-state index is 0.00944. The van der Waals surface area contributed by atoms with Gasteiger partial charge in [0.05, 0.1) is 11.8 Å². The third-order valence-electron chi connectivity index (χ3n) is 4.35. The Morgan fingerprint density at radius 2 is 1.80 bits per heavy atom. The number of benzene rings is 1. The van der Waals surface area contributed by atoms with E-state index in [1.807, 2.05) is 4.90 Å². The number of hydrogen-bond donors (Lipinski definition) is 1. The molecule has 0 saturated carbocycles. The van der Waals surface area contributed by atoms with E-state index in [4.69, 9.17) is 27.6 Å². The highest BCUT2D eigenvalue weighted by Crippen LogP contribution is 2.21. The summed E-state index contributed by atoms with van der Waals surface area (Å²) in [6, 6.07) is 6.45. The van der Waals surface area contributed by atoms with Gasteiger partial charge in [0.2, 0.25) is 0 Å². The second kappa shape index (κ2) is 7.93. The Morgan fingerprint density at radius 3 is 2.40 bits per heavy atom. The number of furan rings is 1. The zero-order valence-corrected chi connectivity index (χ0v) is 15.0. The Labute approximate surface area is 155 Å². The number of piperidine rings is 1. The smallest absolute Gasteiger partial charge is 0.257 e. The van der Waals surface area contributed by atoms with E-state index in [-0.39, 0.29) is 11.8 Å². The van der Waals surface area contributed by atoms with Gasteiger partial charge >= 0.3 is 0 Å². The number of carbonyl (C=O) groups is 2. The molecule has 2 aromatic rings. The number of nitrogens with zero attached hydrogens (tertiary/aromatic N) is 1. The van der Waals surface area contributed by atoms with Crippen LogP contribution in [0.1, 0.15) is 33.6 Å². The summed E-state index contributed by atoms with van der Waals surface area (Å²) in [5, 5.41) is 3.79. The van der Waals surface area contributed by atoms with Gasteiger partial charge in [-0.05, 0) is 43.0 Å². The molecule has 0 radical (unpaired) electrons. The molecule has 3 rings (SSSR count). The molecule has 132 valence electrons. The standard InChI is InChI=1S/C18H18Cl2N2O3/c19-15-7-14(8-16(20)9-15)17(23)21-10-12-1-4-22(5-2-12)18(24)13-3-6-25-11-13/h3,6-9,11-12H,1-2,4-5,10H2,(H,21,23). The summed E-state index contributed by atoms with van der Waals surface area (Å²) >= 11 is 11.8. The summed E-state index contributed by atoms with van der Waals surface area (Å²) in [4.78, 5) is 26.3. The first kappa shape index (κ1) is 17.8. The number of amides is 2. The predicted octanol–water partition coefficient (Wildman–Crippen LogP) is 3.87. The topological polar surface area (TPSA) is 62.6 Å². The van der Waals surface area contributed by atoms with Crippen LogP contribution in [0, 0.1) is 5.92 Å². The van der Waals surface area contributed by atoms with E-state index in [1.165, 1.54) is 12.5 Å². The van der Waals surface area contributed by atoms with Crippen LogP contribution in [-0.2, 0) is 0 Å². The number of nitrogens with one attached hydrogen (secondary N) is 1. The molecule has 1 saturated heterocycles. The first-order valence-electron chi connectivity index (χ1n) is 8.08. The number of carbonyl (C=O) groups excluding carboxylic acids is 2. The van der Waals surface area contributed by atoms with Gasteiger partial charge in [-0.3, -0.25) is 9.59 Å². The molecule has 1 fully saturated rings. The SMILES string of the molecule is O=C(NCC1CCN(C(=O)c2ccoc2)CC1)c1cc(Cl)cc(Cl)c1. The van der Waals surface area contributed by atoms with Gasteiger partial charge in [-0.1, -0.05) is 23.2 Å². The second-order valence-electron chi connectivity index (χ2n) is 6.12. The lowest BCUT2D eigenvalue weighted by molar-refractivity contribution is 0.0683. The molecule has 0 unspecified atom stereocenters. The molecule has 0 aliphatic carbocycles. The molecule has 1 aromatic carbocycles. The summed E-state index contributed by atoms with van der Waals surface area (Å²) in [6.45, 7) is 1.91. The monoisotopic (exact) mass is 380 g/mol. The summed E-state index contributed by atoms with van der Waals surface area (Å²) in [5.74, 6) is 0.137. The highest BCUT2D eigenvalue weighted by molar-refractivity contribution is 6.35. The van der Waals surface area contributed by atoms with Gasteiger partial charge in [-0.15, -0.1) is 0 Å². The zero-order chi connectivity index (χ0) is 17.8. The van der Waals surface area contributed by atoms with Gasteiger partial charge in [-0.25, -0.2) is 0 Å². The van der Waals surface area contributed by atoms with E-state index < -0.39 is 0 Å². The van der Waals surface area contributed by atoms with Crippen molar-refractivity contribution in [2.24, 2.45) is 5.92 Å². The Bertz CT molecular complexity index is 733. The average molecular weight is 381 g/mol. The van der Waals surface area contributed by atoms with Crippen LogP contribution in [0.15, 0.2) is 41.2 Å². The quantitative estimate of drug-likeness (QED) is 0.875. The average Bonchev–Trinajstić information content (AvgIpc) is 3.13. The normalized spacial score (nSPS) is 15.2. The molecule has 0 spiro atoms. The van der Waals surface area contributed by atoms with E-state index in [0.717, 1.165) is 12.8 Å². The van der Waals surface area contributed by atoms with Gasteiger partial charge in [0, 0.05) is 35.2 Å². The fraction of sp³-hybridized carbons (Fsp3) is 0.333. The van der Waals surface area contributed by atoms with Crippen LogP contribution < -0.4 is 5.32 Å². The molecule has 2 amide bonds. The van der Waals surface area contributed by atoms with Crippen molar-refractivity contribution >= 4 is 35.0 Å². The van der Waals surface area contributed by atoms with E-state index >= 15 is 0 Å². The van der Waals surface area contributed by atoms with E-state index in [1.54, 1.807) is 24.3 Å². The van der Waals surface area contributed by atoms with Gasteiger partial charge in [0.25, 0.3) is 11.8 Å². The van der Waals surface area contributed by atoms with Crippen LogP contribution in [0.5, 0.6) is 0 Å². The van der Waals surface area contributed by atoms with Gasteiger partial charge in [0.1, 0.15) is 6.26 Å². The number of likely N-dealkylation sites (tertiary alicyclic amines) is 1. The van der Waals surface area contributed by atoms with Crippen molar-refractivity contribution in [3.63, 3.8) is 0 Å². The lowest BCUT2D eigenvalue weighted by Gasteiger charge is -2.31. The van der Waals surface area contributed by atoms with Crippen LogP contribution in [0.25, 0.3) is 0 Å². The van der Waals surface area contributed by atoms with Crippen molar-refractivity contribution in [1.82, 2.24) is 10.2 Å². The van der Waals surface area contributed by atoms with Gasteiger partial charge in [0.15, 0.2) is 0 Å². The molecular formula is C18H18Cl2N2O3. The molecule has 0 atom stereocenters. The molecule has 2 heterocycles. The van der Waals surface area contributed by atoms with Crippen molar-refractivity contribution < 1.29 is 14.0 Å². The van der Waals surface area contributed by atoms with E-state index in [0.29, 0.717) is 46.7 Å². The molecular weight excluding hydrogens is 363 g/mol. The van der Waals surface area contributed by atoms with Crippen LogP contribution in [0.4, 0.5) is 0 Å². The maximum atomic E-state index is 12.3. The van der Waals surface area contributed by atoms with Gasteiger partial charge < -0.3 is 14.6 Å². The van der Waals surface area contributed by atoms with Gasteiger partial charge in [-0.2, -0.15) is 0 Å². The highest BCUT2D eigenvalue weighted by atomic mass is 35.5. The third-order valence-corrected chi connectivity index (χ3v) is 4.78. The van der Waals surface area contributed by atoms with E-state index in [2.05, 4.69) is 5.32 Å². The molecule has 1 aromatic heterocycles. The Kier molecular flexibility index (Phi) is 5.66. The predicted molar refractivity (Wildman–Crippen MR) is 96.1 cm³/mol. The van der Waals surface area contributed by atoms with Crippen LogP contribution in [0.3, 0.4) is 0 Å². The molecule has 25 heavy (non-hydrogen) atoms. The first-order valence-corrected chi connectivity index (χ1v) is 8.84. The largest absolute Gasteiger partial charge is 0.472 e. The Morgan fingerprint density at radius 1 is 1.12 bits per heavy atom. The first-order chi connectivity index (χ1) is 12.0. The fourth-order valence-electron chi connectivity index (χ4n) is 2.93. The highest BCUT2D eigenvalue weighted by Gasteiger charge is 2.24. The van der Waals surface area contributed by atoms with Crippen LogP contribution >= 0.6 is 23.2 Å². The maximum Gasteiger partial charge on any atom is 0.257 e. The fourth-order valence-corrected chi connectivity index (χ4v) is 3.46. The summed E-state index contributed by atoms with van der Waals surface area (Å²) < 4.78 is 4.96. The summed E-state index contributed by atoms with van der Waals surface area (Å²) in [7, 11) is 0. The third kappa shape index (κ3) is 4.55. The molecule has 1 N–H and O–H groups in total. The Balaban J connectivity index is 1.47. The molecule has 5 nitrogen and oxygen atoms in total. The minimum Gasteiger partial charge on any atom is -0.472 e. The van der Waals surface area contributed by atoms with Crippen molar-refractivity contribution in [2.45, 2.75) is 12.8 Å². The van der Waals surface area contributed by atoms with Crippen molar-refractivity contribution in [2.75, 3.05) is 19.6 Å². The lowest BCUT2D eigenvalue weighted by atomic mass is 9.96. The zero-order valence-electron chi connectivity index (χ0n) is 13.5. The number of hydrogen-bond acceptors (Lipinski definition) is 3. The van der Waals surface area contributed by atoms with Crippen molar-refractivity contribution in [1.29, 1.82) is 0 Å². The molecule has 7 heteroatoms. The summed E-state index contributed by atoms with van der Waals surface area (Å²) in [5.41, 5.74) is 1.02. The molecule has 1 aliphatic rings. The maximum absolute atomic E-state index is 12.3.